The predicted octanol–water partition coefficient (Wildman–Crippen LogP) is 3.05. The lowest BCUT2D eigenvalue weighted by molar-refractivity contribution is 0.0502. The summed E-state index contributed by atoms with van der Waals surface area (Å²) < 4.78 is 10.6. The number of nitrogens with zero attached hydrogens (tertiary/aromatic N) is 1. The first-order chi connectivity index (χ1) is 12.7. The van der Waals surface area contributed by atoms with Gasteiger partial charge in [0.05, 0.1) is 0 Å². The van der Waals surface area contributed by atoms with Crippen LogP contribution in [-0.4, -0.2) is 57.5 Å². The van der Waals surface area contributed by atoms with Crippen molar-refractivity contribution in [3.8, 4) is 0 Å². The molecular formula is C20H40N4O3. The van der Waals surface area contributed by atoms with Gasteiger partial charge in [-0.25, -0.2) is 4.79 Å². The molecule has 0 aromatic rings. The van der Waals surface area contributed by atoms with Crippen LogP contribution in [0.15, 0.2) is 4.99 Å². The molecular weight excluding hydrogens is 344 g/mol. The number of guanidine groups is 1. The van der Waals surface area contributed by atoms with Gasteiger partial charge in [-0.2, -0.15) is 0 Å². The summed E-state index contributed by atoms with van der Waals surface area (Å²) in [5, 5.41) is 9.74. The number of hydrogen-bond acceptors (Lipinski definition) is 4. The van der Waals surface area contributed by atoms with Crippen LogP contribution >= 0.6 is 0 Å². The van der Waals surface area contributed by atoms with Crippen molar-refractivity contribution >= 4 is 12.1 Å². The average molecular weight is 385 g/mol. The quantitative estimate of drug-likeness (QED) is 0.398. The second kappa shape index (κ2) is 11.4. The molecule has 7 nitrogen and oxygen atoms in total. The molecule has 1 saturated carbocycles. The summed E-state index contributed by atoms with van der Waals surface area (Å²) in [6.07, 6.45) is 6.31. The van der Waals surface area contributed by atoms with Crippen molar-refractivity contribution in [2.24, 2.45) is 10.4 Å². The van der Waals surface area contributed by atoms with Gasteiger partial charge in [-0.1, -0.05) is 19.8 Å². The van der Waals surface area contributed by atoms with E-state index in [1.807, 2.05) is 20.8 Å². The van der Waals surface area contributed by atoms with E-state index in [-0.39, 0.29) is 12.1 Å². The van der Waals surface area contributed by atoms with Crippen LogP contribution in [0.2, 0.25) is 0 Å². The molecule has 1 atom stereocenters. The Bertz CT molecular complexity index is 470. The first kappa shape index (κ1) is 23.5. The van der Waals surface area contributed by atoms with Crippen LogP contribution in [0.4, 0.5) is 4.79 Å². The fourth-order valence-corrected chi connectivity index (χ4v) is 3.27. The minimum atomic E-state index is -0.495. The number of hydrogen-bond donors (Lipinski definition) is 3. The van der Waals surface area contributed by atoms with Crippen molar-refractivity contribution in [3.05, 3.63) is 0 Å². The van der Waals surface area contributed by atoms with Gasteiger partial charge in [-0.15, -0.1) is 0 Å². The molecule has 3 N–H and O–H groups in total. The molecule has 0 aliphatic heterocycles. The number of amides is 1. The van der Waals surface area contributed by atoms with E-state index < -0.39 is 5.60 Å². The molecule has 7 heteroatoms. The minimum absolute atomic E-state index is 0.00504. The number of carbonyl (C=O) groups excluding carboxylic acids is 1. The van der Waals surface area contributed by atoms with Crippen molar-refractivity contribution in [3.63, 3.8) is 0 Å². The maximum Gasteiger partial charge on any atom is 0.407 e. The second-order valence-electron chi connectivity index (χ2n) is 8.53. The standard InChI is InChI=1S/C20H40N4O3/c1-7-9-16(24-18(25)27-19(2,3)4)14-22-17(21-5)23-15-20(10-8-11-20)12-13-26-6/h16H,7-15H2,1-6H3,(H,24,25)(H2,21,22,23). The largest absolute Gasteiger partial charge is 0.444 e. The van der Waals surface area contributed by atoms with Crippen molar-refractivity contribution in [1.82, 2.24) is 16.0 Å². The van der Waals surface area contributed by atoms with E-state index >= 15 is 0 Å². The Morgan fingerprint density at radius 3 is 2.44 bits per heavy atom. The lowest BCUT2D eigenvalue weighted by Gasteiger charge is -2.42. The van der Waals surface area contributed by atoms with Crippen molar-refractivity contribution in [1.29, 1.82) is 0 Å². The van der Waals surface area contributed by atoms with Gasteiger partial charge in [-0.05, 0) is 51.9 Å². The summed E-state index contributed by atoms with van der Waals surface area (Å²) in [6, 6.07) is -0.00504. The minimum Gasteiger partial charge on any atom is -0.444 e. The van der Waals surface area contributed by atoms with Gasteiger partial charge < -0.3 is 25.4 Å². The Morgan fingerprint density at radius 2 is 1.96 bits per heavy atom. The summed E-state index contributed by atoms with van der Waals surface area (Å²) in [4.78, 5) is 16.4. The molecule has 0 bridgehead atoms. The lowest BCUT2D eigenvalue weighted by atomic mass is 9.67. The van der Waals surface area contributed by atoms with Gasteiger partial charge in [0.1, 0.15) is 5.60 Å². The van der Waals surface area contributed by atoms with Crippen LogP contribution in [0.5, 0.6) is 0 Å². The van der Waals surface area contributed by atoms with Crippen LogP contribution in [0.1, 0.15) is 66.2 Å². The molecule has 1 fully saturated rings. The molecule has 27 heavy (non-hydrogen) atoms. The summed E-state index contributed by atoms with van der Waals surface area (Å²) in [7, 11) is 3.53. The summed E-state index contributed by atoms with van der Waals surface area (Å²) in [6.45, 7) is 10.0. The maximum atomic E-state index is 12.0. The molecule has 1 unspecified atom stereocenters. The van der Waals surface area contributed by atoms with Gasteiger partial charge in [0, 0.05) is 39.9 Å². The number of alkyl carbamates (subject to hydrolysis) is 1. The van der Waals surface area contributed by atoms with Gasteiger partial charge in [0.2, 0.25) is 0 Å². The van der Waals surface area contributed by atoms with Crippen LogP contribution in [0.25, 0.3) is 0 Å². The number of aliphatic imine (C=N–C) groups is 1. The van der Waals surface area contributed by atoms with Crippen molar-refractivity contribution < 1.29 is 14.3 Å². The zero-order valence-corrected chi connectivity index (χ0v) is 18.1. The van der Waals surface area contributed by atoms with Crippen LogP contribution in [0, 0.1) is 5.41 Å². The van der Waals surface area contributed by atoms with Gasteiger partial charge in [0.25, 0.3) is 0 Å². The smallest absolute Gasteiger partial charge is 0.407 e. The van der Waals surface area contributed by atoms with E-state index in [4.69, 9.17) is 9.47 Å². The van der Waals surface area contributed by atoms with Crippen LogP contribution in [-0.2, 0) is 9.47 Å². The fraction of sp³-hybridized carbons (Fsp3) is 0.900. The lowest BCUT2D eigenvalue weighted by Crippen LogP contribution is -2.50. The number of carbonyl (C=O) groups is 1. The Balaban J connectivity index is 2.46. The highest BCUT2D eigenvalue weighted by atomic mass is 16.6. The Morgan fingerprint density at radius 1 is 1.26 bits per heavy atom. The van der Waals surface area contributed by atoms with Crippen molar-refractivity contribution in [2.45, 2.75) is 77.9 Å². The molecule has 1 amide bonds. The van der Waals surface area contributed by atoms with E-state index in [2.05, 4.69) is 27.9 Å². The third kappa shape index (κ3) is 9.31. The van der Waals surface area contributed by atoms with Gasteiger partial charge in [-0.3, -0.25) is 4.99 Å². The monoisotopic (exact) mass is 384 g/mol. The van der Waals surface area contributed by atoms with Gasteiger partial charge in [0.15, 0.2) is 5.96 Å². The Kier molecular flexibility index (Phi) is 9.91. The third-order valence-corrected chi connectivity index (χ3v) is 4.98. The number of methoxy groups -OCH3 is 1. The second-order valence-corrected chi connectivity index (χ2v) is 8.53. The highest BCUT2D eigenvalue weighted by Gasteiger charge is 2.36. The number of ether oxygens (including phenoxy) is 2. The number of rotatable bonds is 10. The normalized spacial score (nSPS) is 17.6. The fourth-order valence-electron chi connectivity index (χ4n) is 3.27. The molecule has 0 radical (unpaired) electrons. The van der Waals surface area contributed by atoms with Gasteiger partial charge >= 0.3 is 6.09 Å². The maximum absolute atomic E-state index is 12.0. The number of nitrogens with one attached hydrogen (secondary N) is 3. The van der Waals surface area contributed by atoms with Crippen LogP contribution < -0.4 is 16.0 Å². The molecule has 0 spiro atoms. The van der Waals surface area contributed by atoms with E-state index in [1.54, 1.807) is 14.2 Å². The van der Waals surface area contributed by atoms with E-state index in [1.165, 1.54) is 19.3 Å². The molecule has 0 heterocycles. The van der Waals surface area contributed by atoms with Crippen LogP contribution in [0.3, 0.4) is 0 Å². The average Bonchev–Trinajstić information content (AvgIpc) is 2.54. The summed E-state index contributed by atoms with van der Waals surface area (Å²) in [5.41, 5.74) is -0.170. The summed E-state index contributed by atoms with van der Waals surface area (Å²) >= 11 is 0. The first-order valence-corrected chi connectivity index (χ1v) is 10.2. The molecule has 0 saturated heterocycles. The highest BCUT2D eigenvalue weighted by Crippen LogP contribution is 2.43. The topological polar surface area (TPSA) is 84.0 Å². The zero-order chi connectivity index (χ0) is 20.3. The summed E-state index contributed by atoms with van der Waals surface area (Å²) in [5.74, 6) is 0.769. The third-order valence-electron chi connectivity index (χ3n) is 4.98. The molecule has 1 aliphatic carbocycles. The Labute approximate surface area is 165 Å². The highest BCUT2D eigenvalue weighted by molar-refractivity contribution is 5.79. The SMILES string of the molecule is CCCC(CNC(=NC)NCC1(CCOC)CCC1)NC(=O)OC(C)(C)C. The molecule has 0 aromatic carbocycles. The zero-order valence-electron chi connectivity index (χ0n) is 18.1. The molecule has 158 valence electrons. The van der Waals surface area contributed by atoms with E-state index in [0.717, 1.165) is 38.4 Å². The molecule has 0 aromatic heterocycles. The van der Waals surface area contributed by atoms with E-state index in [0.29, 0.717) is 12.0 Å². The molecule has 1 aliphatic rings. The Hall–Kier alpha value is -1.50. The first-order valence-electron chi connectivity index (χ1n) is 10.2. The predicted molar refractivity (Wildman–Crippen MR) is 110 cm³/mol. The molecule has 1 rings (SSSR count). The van der Waals surface area contributed by atoms with Crippen molar-refractivity contribution in [2.75, 3.05) is 33.9 Å². The van der Waals surface area contributed by atoms with E-state index in [9.17, 15) is 4.79 Å².